The molecule has 2 aliphatic rings. The van der Waals surface area contributed by atoms with Crippen LogP contribution in [0.1, 0.15) is 35.3 Å². The van der Waals surface area contributed by atoms with Gasteiger partial charge in [-0.05, 0) is 115 Å². The van der Waals surface area contributed by atoms with Gasteiger partial charge in [0.05, 0.1) is 0 Å². The molecule has 11 rings (SSSR count). The average molecular weight is 615 g/mol. The lowest BCUT2D eigenvalue weighted by Crippen LogP contribution is -1.96. The standard InChI is InChI=1S/C46H30O2/c1-2-10-28-23-30(18-17-27(28)9-1)44-33-12-3-5-14-35(33)45(36-15-6-4-13-34(36)44)31-19-21-37-42(25-31)48-41-22-20-29-24-39-32-11-7-8-16-40(32)47-43(39)26-38(29)46(37)41/h1,3-7,9,11-15,17-26H,2,8,10,16H2. The van der Waals surface area contributed by atoms with Crippen molar-refractivity contribution in [2.24, 2.45) is 0 Å². The Morgan fingerprint density at radius 2 is 1.15 bits per heavy atom. The van der Waals surface area contributed by atoms with E-state index >= 15 is 0 Å². The quantitative estimate of drug-likeness (QED) is 0.181. The first-order valence-corrected chi connectivity index (χ1v) is 17.0. The molecule has 0 saturated carbocycles. The average Bonchev–Trinajstić information content (AvgIpc) is 3.70. The van der Waals surface area contributed by atoms with Crippen molar-refractivity contribution in [1.82, 2.24) is 0 Å². The summed E-state index contributed by atoms with van der Waals surface area (Å²) in [6.45, 7) is 0. The van der Waals surface area contributed by atoms with Gasteiger partial charge in [0.2, 0.25) is 0 Å². The van der Waals surface area contributed by atoms with Gasteiger partial charge in [-0.2, -0.15) is 0 Å². The molecule has 0 spiro atoms. The summed E-state index contributed by atoms with van der Waals surface area (Å²) in [5, 5.41) is 10.9. The Morgan fingerprint density at radius 1 is 0.458 bits per heavy atom. The van der Waals surface area contributed by atoms with Crippen molar-refractivity contribution < 1.29 is 8.83 Å². The topological polar surface area (TPSA) is 26.3 Å². The predicted octanol–water partition coefficient (Wildman–Crippen LogP) is 13.0. The zero-order valence-electron chi connectivity index (χ0n) is 26.3. The molecule has 48 heavy (non-hydrogen) atoms. The normalized spacial score (nSPS) is 14.2. The highest BCUT2D eigenvalue weighted by atomic mass is 16.3. The van der Waals surface area contributed by atoms with E-state index in [2.05, 4.69) is 133 Å². The summed E-state index contributed by atoms with van der Waals surface area (Å²) in [5.41, 5.74) is 11.7. The van der Waals surface area contributed by atoms with Gasteiger partial charge in [-0.15, -0.1) is 0 Å². The van der Waals surface area contributed by atoms with E-state index in [1.807, 2.05) is 0 Å². The van der Waals surface area contributed by atoms with Crippen molar-refractivity contribution in [2.45, 2.75) is 25.7 Å². The predicted molar refractivity (Wildman–Crippen MR) is 202 cm³/mol. The van der Waals surface area contributed by atoms with Crippen molar-refractivity contribution >= 4 is 77.4 Å². The SMILES string of the molecule is C1=Cc2ccc(-c3c4ccccc4c(-c4ccc5c(c4)oc4ccc6cc7c8c(oc7cc6c45)CCC=C8)c4ccccc34)cc2CC1. The summed E-state index contributed by atoms with van der Waals surface area (Å²) in [6.07, 6.45) is 13.2. The third-order valence-corrected chi connectivity index (χ3v) is 10.7. The van der Waals surface area contributed by atoms with Gasteiger partial charge in [0.15, 0.2) is 0 Å². The van der Waals surface area contributed by atoms with Crippen LogP contribution in [0, 0.1) is 0 Å². The van der Waals surface area contributed by atoms with Crippen LogP contribution in [0.3, 0.4) is 0 Å². The lowest BCUT2D eigenvalue weighted by molar-refractivity contribution is 0.546. The van der Waals surface area contributed by atoms with Crippen molar-refractivity contribution in [2.75, 3.05) is 0 Å². The molecule has 2 nitrogen and oxygen atoms in total. The maximum Gasteiger partial charge on any atom is 0.136 e. The maximum atomic E-state index is 6.64. The second-order valence-corrected chi connectivity index (χ2v) is 13.4. The highest BCUT2D eigenvalue weighted by Gasteiger charge is 2.21. The minimum atomic E-state index is 0.900. The molecule has 2 heterocycles. The molecule has 9 aromatic rings. The number of furan rings is 2. The molecule has 0 amide bonds. The highest BCUT2D eigenvalue weighted by molar-refractivity contribution is 6.24. The summed E-state index contributed by atoms with van der Waals surface area (Å²) < 4.78 is 13.0. The number of rotatable bonds is 2. The van der Waals surface area contributed by atoms with Crippen LogP contribution >= 0.6 is 0 Å². The molecule has 0 radical (unpaired) electrons. The number of benzene rings is 7. The van der Waals surface area contributed by atoms with E-state index in [0.717, 1.165) is 64.5 Å². The Kier molecular flexibility index (Phi) is 5.37. The monoisotopic (exact) mass is 614 g/mol. The molecule has 0 fully saturated rings. The van der Waals surface area contributed by atoms with Crippen molar-refractivity contribution in [3.05, 3.63) is 144 Å². The first-order chi connectivity index (χ1) is 23.8. The molecule has 2 heteroatoms. The van der Waals surface area contributed by atoms with E-state index in [4.69, 9.17) is 8.83 Å². The van der Waals surface area contributed by atoms with Crippen molar-refractivity contribution in [1.29, 1.82) is 0 Å². The van der Waals surface area contributed by atoms with E-state index in [0.29, 0.717) is 0 Å². The van der Waals surface area contributed by atoms with Crippen LogP contribution in [-0.4, -0.2) is 0 Å². The zero-order chi connectivity index (χ0) is 31.3. The molecule has 0 N–H and O–H groups in total. The van der Waals surface area contributed by atoms with Gasteiger partial charge in [-0.3, -0.25) is 0 Å². The molecule has 2 aromatic heterocycles. The van der Waals surface area contributed by atoms with E-state index < -0.39 is 0 Å². The van der Waals surface area contributed by atoms with Gasteiger partial charge in [0, 0.05) is 28.1 Å². The number of aryl methyl sites for hydroxylation is 2. The molecule has 7 aromatic carbocycles. The van der Waals surface area contributed by atoms with Crippen LogP contribution in [0.4, 0.5) is 0 Å². The molecule has 2 aliphatic carbocycles. The van der Waals surface area contributed by atoms with Crippen molar-refractivity contribution in [3.8, 4) is 22.3 Å². The van der Waals surface area contributed by atoms with Crippen LogP contribution in [0.2, 0.25) is 0 Å². The van der Waals surface area contributed by atoms with Gasteiger partial charge < -0.3 is 8.83 Å². The minimum absolute atomic E-state index is 0.900. The second kappa shape index (κ2) is 9.82. The van der Waals surface area contributed by atoms with Crippen LogP contribution in [0.5, 0.6) is 0 Å². The second-order valence-electron chi connectivity index (χ2n) is 13.4. The Morgan fingerprint density at radius 3 is 1.94 bits per heavy atom. The first kappa shape index (κ1) is 26.2. The Labute approximate surface area is 277 Å². The first-order valence-electron chi connectivity index (χ1n) is 17.0. The highest BCUT2D eigenvalue weighted by Crippen LogP contribution is 2.46. The maximum absolute atomic E-state index is 6.64. The lowest BCUT2D eigenvalue weighted by atomic mass is 9.84. The van der Waals surface area contributed by atoms with Gasteiger partial charge in [-0.1, -0.05) is 103 Å². The number of allylic oxidation sites excluding steroid dienone is 2. The van der Waals surface area contributed by atoms with Gasteiger partial charge in [0.1, 0.15) is 22.5 Å². The van der Waals surface area contributed by atoms with E-state index in [1.165, 1.54) is 71.1 Å². The molecule has 0 bridgehead atoms. The Hall–Kier alpha value is -5.86. The van der Waals surface area contributed by atoms with E-state index in [9.17, 15) is 0 Å². The third-order valence-electron chi connectivity index (χ3n) is 10.7. The summed E-state index contributed by atoms with van der Waals surface area (Å²) in [6, 6.07) is 40.4. The van der Waals surface area contributed by atoms with Crippen molar-refractivity contribution in [3.63, 3.8) is 0 Å². The Bertz CT molecular complexity index is 2830. The summed E-state index contributed by atoms with van der Waals surface area (Å²) in [5.74, 6) is 1.09. The fraction of sp³-hybridized carbons (Fsp3) is 0.0870. The third kappa shape index (κ3) is 3.69. The lowest BCUT2D eigenvalue weighted by Gasteiger charge is -2.19. The zero-order valence-corrected chi connectivity index (χ0v) is 26.3. The summed E-state index contributed by atoms with van der Waals surface area (Å²) in [7, 11) is 0. The molecular weight excluding hydrogens is 585 g/mol. The molecule has 0 saturated heterocycles. The van der Waals surface area contributed by atoms with E-state index in [-0.39, 0.29) is 0 Å². The molecule has 0 atom stereocenters. The number of hydrogen-bond acceptors (Lipinski definition) is 2. The van der Waals surface area contributed by atoms with Crippen LogP contribution in [-0.2, 0) is 12.8 Å². The van der Waals surface area contributed by atoms with Crippen LogP contribution < -0.4 is 0 Å². The smallest absolute Gasteiger partial charge is 0.136 e. The van der Waals surface area contributed by atoms with Crippen LogP contribution in [0.25, 0.3) is 99.6 Å². The Balaban J connectivity index is 1.14. The summed E-state index contributed by atoms with van der Waals surface area (Å²) in [4.78, 5) is 0. The molecule has 0 unspecified atom stereocenters. The van der Waals surface area contributed by atoms with E-state index in [1.54, 1.807) is 0 Å². The largest absolute Gasteiger partial charge is 0.460 e. The van der Waals surface area contributed by atoms with Gasteiger partial charge in [-0.25, -0.2) is 0 Å². The number of hydrogen-bond donors (Lipinski definition) is 0. The minimum Gasteiger partial charge on any atom is -0.460 e. The number of fused-ring (bicyclic) bond motifs is 11. The fourth-order valence-corrected chi connectivity index (χ4v) is 8.54. The fourth-order valence-electron chi connectivity index (χ4n) is 8.54. The molecular formula is C46H30O2. The molecule has 226 valence electrons. The molecule has 0 aliphatic heterocycles. The van der Waals surface area contributed by atoms with Gasteiger partial charge >= 0.3 is 0 Å². The summed E-state index contributed by atoms with van der Waals surface area (Å²) >= 11 is 0. The van der Waals surface area contributed by atoms with Gasteiger partial charge in [0.25, 0.3) is 0 Å². The van der Waals surface area contributed by atoms with Crippen LogP contribution in [0.15, 0.2) is 130 Å².